The normalized spacial score (nSPS) is 11.0. The molecule has 2 N–H and O–H groups in total. The summed E-state index contributed by atoms with van der Waals surface area (Å²) in [5.74, 6) is -0.415. The van der Waals surface area contributed by atoms with Crippen molar-refractivity contribution in [3.05, 3.63) is 87.5 Å². The number of non-ortho nitro benzene ring substituents is 1. The van der Waals surface area contributed by atoms with Crippen LogP contribution in [-0.4, -0.2) is 26.4 Å². The Bertz CT molecular complexity index is 1300. The molecule has 3 aromatic rings. The van der Waals surface area contributed by atoms with E-state index in [0.717, 1.165) is 5.56 Å². The Hall–Kier alpha value is -3.92. The average molecular weight is 455 g/mol. The molecule has 10 heteroatoms. The zero-order valence-electron chi connectivity index (χ0n) is 17.6. The third-order valence-electron chi connectivity index (χ3n) is 4.77. The minimum Gasteiger partial charge on any atom is -0.495 e. The first-order valence-corrected chi connectivity index (χ1v) is 10.9. The number of carbonyl (C=O) groups is 1. The molecule has 1 amide bonds. The van der Waals surface area contributed by atoms with E-state index in [1.54, 1.807) is 38.1 Å². The molecule has 0 spiro atoms. The fourth-order valence-corrected chi connectivity index (χ4v) is 4.42. The van der Waals surface area contributed by atoms with Crippen molar-refractivity contribution in [1.82, 2.24) is 0 Å². The van der Waals surface area contributed by atoms with E-state index in [4.69, 9.17) is 4.74 Å². The summed E-state index contributed by atoms with van der Waals surface area (Å²) < 4.78 is 33.7. The number of nitrogens with one attached hydrogen (secondary N) is 2. The summed E-state index contributed by atoms with van der Waals surface area (Å²) in [5, 5.41) is 13.6. The van der Waals surface area contributed by atoms with Crippen LogP contribution in [0.25, 0.3) is 0 Å². The van der Waals surface area contributed by atoms with Gasteiger partial charge in [0.2, 0.25) is 0 Å². The maximum atomic E-state index is 13.0. The average Bonchev–Trinajstić information content (AvgIpc) is 2.75. The van der Waals surface area contributed by atoms with Crippen molar-refractivity contribution in [3.8, 4) is 5.75 Å². The maximum absolute atomic E-state index is 13.0. The van der Waals surface area contributed by atoms with Crippen molar-refractivity contribution in [2.45, 2.75) is 18.7 Å². The Labute approximate surface area is 185 Å². The van der Waals surface area contributed by atoms with Crippen LogP contribution in [0.4, 0.5) is 17.1 Å². The number of ether oxygens (including phenoxy) is 1. The lowest BCUT2D eigenvalue weighted by atomic mass is 10.1. The van der Waals surface area contributed by atoms with E-state index >= 15 is 0 Å². The number of anilines is 2. The van der Waals surface area contributed by atoms with Crippen LogP contribution in [0.2, 0.25) is 0 Å². The van der Waals surface area contributed by atoms with Gasteiger partial charge in [-0.3, -0.25) is 19.6 Å². The van der Waals surface area contributed by atoms with E-state index in [-0.39, 0.29) is 27.6 Å². The van der Waals surface area contributed by atoms with Crippen LogP contribution in [0.3, 0.4) is 0 Å². The van der Waals surface area contributed by atoms with Crippen LogP contribution >= 0.6 is 0 Å². The van der Waals surface area contributed by atoms with Gasteiger partial charge in [0.15, 0.2) is 0 Å². The highest BCUT2D eigenvalue weighted by molar-refractivity contribution is 7.92. The number of nitrogens with zero attached hydrogens (tertiary/aromatic N) is 1. The molecule has 9 nitrogen and oxygen atoms in total. The van der Waals surface area contributed by atoms with Gasteiger partial charge in [-0.2, -0.15) is 0 Å². The molecule has 166 valence electrons. The lowest BCUT2D eigenvalue weighted by Gasteiger charge is -2.14. The Morgan fingerprint density at radius 2 is 1.69 bits per heavy atom. The second kappa shape index (κ2) is 9.06. The van der Waals surface area contributed by atoms with E-state index in [1.807, 2.05) is 0 Å². The molecule has 3 aromatic carbocycles. The molecule has 0 saturated carbocycles. The molecule has 0 aliphatic heterocycles. The minimum absolute atomic E-state index is 0.0561. The zero-order valence-corrected chi connectivity index (χ0v) is 18.4. The number of sulfonamides is 1. The highest BCUT2D eigenvalue weighted by Gasteiger charge is 2.21. The summed E-state index contributed by atoms with van der Waals surface area (Å²) in [6.07, 6.45) is 0. The smallest absolute Gasteiger partial charge is 0.271 e. The predicted molar refractivity (Wildman–Crippen MR) is 121 cm³/mol. The number of hydrogen-bond donors (Lipinski definition) is 2. The van der Waals surface area contributed by atoms with Crippen LogP contribution in [-0.2, 0) is 10.0 Å². The fraction of sp³-hybridized carbons (Fsp3) is 0.136. The fourth-order valence-electron chi connectivity index (χ4n) is 3.02. The molecule has 3 rings (SSSR count). The summed E-state index contributed by atoms with van der Waals surface area (Å²) in [5.41, 5.74) is 1.57. The number of carbonyl (C=O) groups excluding carboxylic acids is 1. The van der Waals surface area contributed by atoms with E-state index < -0.39 is 20.9 Å². The number of hydrogen-bond acceptors (Lipinski definition) is 6. The lowest BCUT2D eigenvalue weighted by molar-refractivity contribution is -0.384. The van der Waals surface area contributed by atoms with Gasteiger partial charge in [0.05, 0.1) is 28.3 Å². The summed E-state index contributed by atoms with van der Waals surface area (Å²) in [4.78, 5) is 23.2. The van der Waals surface area contributed by atoms with Crippen LogP contribution < -0.4 is 14.8 Å². The third kappa shape index (κ3) is 4.86. The van der Waals surface area contributed by atoms with Crippen molar-refractivity contribution in [1.29, 1.82) is 0 Å². The molecule has 0 atom stereocenters. The molecule has 0 aliphatic rings. The molecular formula is C22H21N3O6S. The molecule has 0 bridgehead atoms. The summed E-state index contributed by atoms with van der Waals surface area (Å²) in [6.45, 7) is 3.40. The van der Waals surface area contributed by atoms with E-state index in [2.05, 4.69) is 10.0 Å². The molecule has 0 unspecified atom stereocenters. The van der Waals surface area contributed by atoms with E-state index in [9.17, 15) is 23.3 Å². The maximum Gasteiger partial charge on any atom is 0.271 e. The minimum atomic E-state index is -3.97. The van der Waals surface area contributed by atoms with Gasteiger partial charge in [0.25, 0.3) is 21.6 Å². The first-order chi connectivity index (χ1) is 15.1. The van der Waals surface area contributed by atoms with Gasteiger partial charge in [-0.25, -0.2) is 8.42 Å². The van der Waals surface area contributed by atoms with Crippen molar-refractivity contribution in [2.24, 2.45) is 0 Å². The number of benzene rings is 3. The number of para-hydroxylation sites is 1. The van der Waals surface area contributed by atoms with Crippen LogP contribution in [0.1, 0.15) is 21.5 Å². The predicted octanol–water partition coefficient (Wildman–Crippen LogP) is 4.27. The third-order valence-corrected chi connectivity index (χ3v) is 6.28. The largest absolute Gasteiger partial charge is 0.495 e. The second-order valence-electron chi connectivity index (χ2n) is 7.00. The van der Waals surface area contributed by atoms with Crippen molar-refractivity contribution < 1.29 is 22.9 Å². The van der Waals surface area contributed by atoms with Crippen LogP contribution in [0.5, 0.6) is 5.75 Å². The molecule has 0 fully saturated rings. The van der Waals surface area contributed by atoms with Gasteiger partial charge in [-0.15, -0.1) is 0 Å². The first kappa shape index (κ1) is 22.8. The van der Waals surface area contributed by atoms with E-state index in [1.165, 1.54) is 43.5 Å². The monoisotopic (exact) mass is 455 g/mol. The Morgan fingerprint density at radius 3 is 2.34 bits per heavy atom. The van der Waals surface area contributed by atoms with Gasteiger partial charge in [0.1, 0.15) is 5.75 Å². The van der Waals surface area contributed by atoms with Crippen molar-refractivity contribution in [2.75, 3.05) is 17.1 Å². The van der Waals surface area contributed by atoms with Gasteiger partial charge in [-0.05, 0) is 49.2 Å². The van der Waals surface area contributed by atoms with Gasteiger partial charge < -0.3 is 10.1 Å². The van der Waals surface area contributed by atoms with Crippen LogP contribution in [0, 0.1) is 24.0 Å². The summed E-state index contributed by atoms with van der Waals surface area (Å²) in [7, 11) is -2.60. The van der Waals surface area contributed by atoms with Crippen molar-refractivity contribution >= 4 is 33.0 Å². The van der Waals surface area contributed by atoms with Crippen molar-refractivity contribution in [3.63, 3.8) is 0 Å². The molecular weight excluding hydrogens is 434 g/mol. The highest BCUT2D eigenvalue weighted by Crippen LogP contribution is 2.30. The van der Waals surface area contributed by atoms with Gasteiger partial charge in [0, 0.05) is 17.7 Å². The Kier molecular flexibility index (Phi) is 6.45. The standard InChI is InChI=1S/C22H21N3O6S/c1-14-6-4-5-7-18(14)24-32(29,30)21-12-16(9-8-15(21)2)22(26)23-19-13-17(25(27)28)10-11-20(19)31-3/h4-13,24H,1-3H3,(H,23,26). The number of nitro benzene ring substituents is 1. The number of nitro groups is 1. The first-order valence-electron chi connectivity index (χ1n) is 9.45. The SMILES string of the molecule is COc1ccc([N+](=O)[O-])cc1NC(=O)c1ccc(C)c(S(=O)(=O)Nc2ccccc2C)c1. The quantitative estimate of drug-likeness (QED) is 0.404. The topological polar surface area (TPSA) is 128 Å². The zero-order chi connectivity index (χ0) is 23.5. The van der Waals surface area contributed by atoms with Crippen LogP contribution in [0.15, 0.2) is 65.6 Å². The number of methoxy groups -OCH3 is 1. The molecule has 0 heterocycles. The van der Waals surface area contributed by atoms with Gasteiger partial charge >= 0.3 is 0 Å². The Morgan fingerprint density at radius 1 is 0.969 bits per heavy atom. The molecule has 0 aromatic heterocycles. The highest BCUT2D eigenvalue weighted by atomic mass is 32.2. The van der Waals surface area contributed by atoms with Gasteiger partial charge in [-0.1, -0.05) is 24.3 Å². The number of rotatable bonds is 7. The second-order valence-corrected chi connectivity index (χ2v) is 8.65. The molecule has 0 radical (unpaired) electrons. The lowest BCUT2D eigenvalue weighted by Crippen LogP contribution is -2.17. The number of aryl methyl sites for hydroxylation is 2. The molecule has 0 aliphatic carbocycles. The Balaban J connectivity index is 1.93. The van der Waals surface area contributed by atoms with E-state index in [0.29, 0.717) is 11.3 Å². The summed E-state index contributed by atoms with van der Waals surface area (Å²) >= 11 is 0. The molecule has 32 heavy (non-hydrogen) atoms. The molecule has 0 saturated heterocycles. The number of amides is 1. The summed E-state index contributed by atoms with van der Waals surface area (Å²) in [6, 6.07) is 15.0.